The molecule has 1 atom stereocenters. The number of aromatic nitrogens is 1. The topological polar surface area (TPSA) is 55.1 Å². The van der Waals surface area contributed by atoms with E-state index >= 15 is 0 Å². The first-order valence-corrected chi connectivity index (χ1v) is 5.99. The molecule has 0 bridgehead atoms. The Balaban J connectivity index is 1.80. The first-order valence-electron chi connectivity index (χ1n) is 5.99. The van der Waals surface area contributed by atoms with Gasteiger partial charge in [-0.2, -0.15) is 0 Å². The fourth-order valence-electron chi connectivity index (χ4n) is 1.70. The molecular weight excluding hydrogens is 228 g/mol. The summed E-state index contributed by atoms with van der Waals surface area (Å²) in [5.41, 5.74) is 0.634. The number of nitrogens with zero attached hydrogens (tertiary/aromatic N) is 1. The smallest absolute Gasteiger partial charge is 0.251 e. The Morgan fingerprint density at radius 2 is 2.17 bits per heavy atom. The van der Waals surface area contributed by atoms with E-state index in [1.807, 2.05) is 19.1 Å². The van der Waals surface area contributed by atoms with Crippen LogP contribution in [0.25, 0.3) is 0 Å². The molecule has 0 aliphatic carbocycles. The number of rotatable bonds is 5. The third-order valence-corrected chi connectivity index (χ3v) is 2.72. The minimum absolute atomic E-state index is 0.0654. The minimum Gasteiger partial charge on any atom is -0.469 e. The molecule has 0 saturated heterocycles. The second kappa shape index (κ2) is 6.00. The van der Waals surface area contributed by atoms with Gasteiger partial charge in [0.1, 0.15) is 5.76 Å². The van der Waals surface area contributed by atoms with Crippen LogP contribution in [0.2, 0.25) is 0 Å². The molecule has 4 heteroatoms. The molecular formula is C14H16N2O2. The highest BCUT2D eigenvalue weighted by Gasteiger charge is 2.09. The number of carbonyl (C=O) groups is 1. The maximum Gasteiger partial charge on any atom is 0.251 e. The van der Waals surface area contributed by atoms with Crippen molar-refractivity contribution in [2.45, 2.75) is 25.8 Å². The molecule has 0 radical (unpaired) electrons. The fraction of sp³-hybridized carbons (Fsp3) is 0.286. The zero-order valence-corrected chi connectivity index (χ0v) is 10.3. The van der Waals surface area contributed by atoms with Crippen molar-refractivity contribution < 1.29 is 9.21 Å². The lowest BCUT2D eigenvalue weighted by Gasteiger charge is -2.12. The Labute approximate surface area is 106 Å². The standard InChI is InChI=1S/C14H16N2O2/c1-11(4-5-13-3-2-10-18-13)16-14(17)12-6-8-15-9-7-12/h2-3,6-11H,4-5H2,1H3,(H,16,17). The van der Waals surface area contributed by atoms with Gasteiger partial charge in [-0.05, 0) is 37.6 Å². The largest absolute Gasteiger partial charge is 0.469 e. The Kier molecular flexibility index (Phi) is 4.12. The van der Waals surface area contributed by atoms with Crippen molar-refractivity contribution in [2.24, 2.45) is 0 Å². The van der Waals surface area contributed by atoms with Gasteiger partial charge in [0.05, 0.1) is 6.26 Å². The van der Waals surface area contributed by atoms with Crippen LogP contribution in [0.5, 0.6) is 0 Å². The molecule has 0 spiro atoms. The Hall–Kier alpha value is -2.10. The number of hydrogen-bond acceptors (Lipinski definition) is 3. The van der Waals surface area contributed by atoms with E-state index in [0.717, 1.165) is 18.6 Å². The maximum absolute atomic E-state index is 11.9. The number of furan rings is 1. The van der Waals surface area contributed by atoms with Crippen molar-refractivity contribution in [3.05, 3.63) is 54.2 Å². The van der Waals surface area contributed by atoms with E-state index in [-0.39, 0.29) is 11.9 Å². The summed E-state index contributed by atoms with van der Waals surface area (Å²) >= 11 is 0. The van der Waals surface area contributed by atoms with Crippen molar-refractivity contribution in [2.75, 3.05) is 0 Å². The molecule has 1 amide bonds. The van der Waals surface area contributed by atoms with Crippen LogP contribution in [0.15, 0.2) is 47.3 Å². The average molecular weight is 244 g/mol. The van der Waals surface area contributed by atoms with Gasteiger partial charge in [0.15, 0.2) is 0 Å². The Morgan fingerprint density at radius 3 is 2.83 bits per heavy atom. The molecule has 18 heavy (non-hydrogen) atoms. The summed E-state index contributed by atoms with van der Waals surface area (Å²) in [6.07, 6.45) is 6.57. The first kappa shape index (κ1) is 12.4. The maximum atomic E-state index is 11.9. The Bertz CT molecular complexity index is 480. The second-order valence-electron chi connectivity index (χ2n) is 4.23. The van der Waals surface area contributed by atoms with Gasteiger partial charge >= 0.3 is 0 Å². The van der Waals surface area contributed by atoms with Gasteiger partial charge in [0.25, 0.3) is 5.91 Å². The first-order chi connectivity index (χ1) is 8.75. The molecule has 0 fully saturated rings. The van der Waals surface area contributed by atoms with Crippen molar-refractivity contribution in [3.8, 4) is 0 Å². The van der Waals surface area contributed by atoms with E-state index in [1.165, 1.54) is 0 Å². The van der Waals surface area contributed by atoms with Crippen LogP contribution in [-0.4, -0.2) is 16.9 Å². The van der Waals surface area contributed by atoms with Crippen LogP contribution in [0.1, 0.15) is 29.5 Å². The summed E-state index contributed by atoms with van der Waals surface area (Å²) in [6.45, 7) is 1.99. The highest BCUT2D eigenvalue weighted by atomic mass is 16.3. The van der Waals surface area contributed by atoms with Gasteiger partial charge in [0, 0.05) is 30.4 Å². The van der Waals surface area contributed by atoms with E-state index in [4.69, 9.17) is 4.42 Å². The monoisotopic (exact) mass is 244 g/mol. The van der Waals surface area contributed by atoms with Crippen LogP contribution in [0.3, 0.4) is 0 Å². The third-order valence-electron chi connectivity index (χ3n) is 2.72. The predicted molar refractivity (Wildman–Crippen MR) is 68.2 cm³/mol. The van der Waals surface area contributed by atoms with Crippen LogP contribution in [0, 0.1) is 0 Å². The highest BCUT2D eigenvalue weighted by Crippen LogP contribution is 2.06. The molecule has 0 aromatic carbocycles. The zero-order valence-electron chi connectivity index (χ0n) is 10.3. The van der Waals surface area contributed by atoms with E-state index in [9.17, 15) is 4.79 Å². The number of pyridine rings is 1. The molecule has 4 nitrogen and oxygen atoms in total. The average Bonchev–Trinajstić information content (AvgIpc) is 2.90. The molecule has 1 unspecified atom stereocenters. The number of aryl methyl sites for hydroxylation is 1. The molecule has 0 aliphatic rings. The van der Waals surface area contributed by atoms with E-state index < -0.39 is 0 Å². The number of amides is 1. The number of nitrogens with one attached hydrogen (secondary N) is 1. The van der Waals surface area contributed by atoms with Crippen LogP contribution < -0.4 is 5.32 Å². The molecule has 1 N–H and O–H groups in total. The SMILES string of the molecule is CC(CCc1ccco1)NC(=O)c1ccncc1. The summed E-state index contributed by atoms with van der Waals surface area (Å²) in [6, 6.07) is 7.33. The summed E-state index contributed by atoms with van der Waals surface area (Å²) < 4.78 is 5.25. The van der Waals surface area contributed by atoms with Crippen molar-refractivity contribution in [1.29, 1.82) is 0 Å². The molecule has 0 saturated carbocycles. The van der Waals surface area contributed by atoms with Gasteiger partial charge < -0.3 is 9.73 Å². The van der Waals surface area contributed by atoms with E-state index in [1.54, 1.807) is 30.8 Å². The molecule has 2 rings (SSSR count). The second-order valence-corrected chi connectivity index (χ2v) is 4.23. The van der Waals surface area contributed by atoms with E-state index in [2.05, 4.69) is 10.3 Å². The van der Waals surface area contributed by atoms with Gasteiger partial charge in [-0.25, -0.2) is 0 Å². The predicted octanol–water partition coefficient (Wildman–Crippen LogP) is 2.43. The van der Waals surface area contributed by atoms with Crippen LogP contribution in [-0.2, 0) is 6.42 Å². The summed E-state index contributed by atoms with van der Waals surface area (Å²) in [5.74, 6) is 0.879. The van der Waals surface area contributed by atoms with Gasteiger partial charge in [-0.3, -0.25) is 9.78 Å². The van der Waals surface area contributed by atoms with Crippen LogP contribution in [0.4, 0.5) is 0 Å². The Morgan fingerprint density at radius 1 is 1.39 bits per heavy atom. The molecule has 94 valence electrons. The highest BCUT2D eigenvalue weighted by molar-refractivity contribution is 5.94. The molecule has 0 aliphatic heterocycles. The molecule has 2 aromatic heterocycles. The van der Waals surface area contributed by atoms with Crippen molar-refractivity contribution in [3.63, 3.8) is 0 Å². The summed E-state index contributed by atoms with van der Waals surface area (Å²) in [7, 11) is 0. The number of hydrogen-bond donors (Lipinski definition) is 1. The molecule has 2 aromatic rings. The summed E-state index contributed by atoms with van der Waals surface area (Å²) in [5, 5.41) is 2.95. The van der Waals surface area contributed by atoms with E-state index in [0.29, 0.717) is 5.56 Å². The normalized spacial score (nSPS) is 12.1. The van der Waals surface area contributed by atoms with Crippen molar-refractivity contribution >= 4 is 5.91 Å². The lowest BCUT2D eigenvalue weighted by molar-refractivity contribution is 0.0938. The lowest BCUT2D eigenvalue weighted by atomic mass is 10.1. The van der Waals surface area contributed by atoms with Gasteiger partial charge in [0.2, 0.25) is 0 Å². The van der Waals surface area contributed by atoms with Gasteiger partial charge in [-0.15, -0.1) is 0 Å². The van der Waals surface area contributed by atoms with Crippen molar-refractivity contribution in [1.82, 2.24) is 10.3 Å². The number of carbonyl (C=O) groups excluding carboxylic acids is 1. The quantitative estimate of drug-likeness (QED) is 0.878. The minimum atomic E-state index is -0.0654. The van der Waals surface area contributed by atoms with Gasteiger partial charge in [-0.1, -0.05) is 0 Å². The molecule has 2 heterocycles. The van der Waals surface area contributed by atoms with Crippen LogP contribution >= 0.6 is 0 Å². The zero-order chi connectivity index (χ0) is 12.8. The fourth-order valence-corrected chi connectivity index (χ4v) is 1.70. The third kappa shape index (κ3) is 3.45. The lowest BCUT2D eigenvalue weighted by Crippen LogP contribution is -2.32. The summed E-state index contributed by atoms with van der Waals surface area (Å²) in [4.78, 5) is 15.7.